The van der Waals surface area contributed by atoms with Gasteiger partial charge in [0, 0.05) is 14.3 Å². The lowest BCUT2D eigenvalue weighted by atomic mass is 10.3. The highest BCUT2D eigenvalue weighted by Crippen LogP contribution is 2.30. The van der Waals surface area contributed by atoms with Gasteiger partial charge in [-0.3, -0.25) is 0 Å². The predicted molar refractivity (Wildman–Crippen MR) is 49.6 cm³/mol. The van der Waals surface area contributed by atoms with Crippen LogP contribution in [-0.4, -0.2) is 0 Å². The second kappa shape index (κ2) is 3.76. The fraction of sp³-hybridized carbons (Fsp3) is 0.333. The van der Waals surface area contributed by atoms with Crippen molar-refractivity contribution in [2.45, 2.75) is 13.0 Å². The van der Waals surface area contributed by atoms with E-state index < -0.39 is 0 Å². The maximum atomic E-state index is 8.17. The Kier molecular flexibility index (Phi) is 2.93. The van der Waals surface area contributed by atoms with Gasteiger partial charge in [-0.05, 0) is 32.9 Å². The van der Waals surface area contributed by atoms with E-state index in [-0.39, 0.29) is 6.04 Å². The lowest BCUT2D eigenvalue weighted by molar-refractivity contribution is 0.823. The van der Waals surface area contributed by atoms with E-state index in [0.29, 0.717) is 0 Å². The summed E-state index contributed by atoms with van der Waals surface area (Å²) in [6.07, 6.45) is 0. The molecular weight excluding hydrogens is 226 g/mol. The van der Waals surface area contributed by atoms with Gasteiger partial charge in [0.15, 0.2) is 0 Å². The van der Waals surface area contributed by atoms with Gasteiger partial charge in [-0.2, -0.15) is 0 Å². The molecule has 1 aromatic rings. The van der Waals surface area contributed by atoms with Crippen LogP contribution < -0.4 is 0 Å². The van der Waals surface area contributed by atoms with Gasteiger partial charge in [-0.15, -0.1) is 11.3 Å². The highest BCUT2D eigenvalue weighted by Gasteiger charge is 2.07. The zero-order valence-electron chi connectivity index (χ0n) is 5.86. The second-order valence-corrected chi connectivity index (χ2v) is 3.82. The van der Waals surface area contributed by atoms with Crippen molar-refractivity contribution in [2.24, 2.45) is 5.11 Å². The van der Waals surface area contributed by atoms with Crippen LogP contribution in [-0.2, 0) is 0 Å². The zero-order chi connectivity index (χ0) is 8.27. The molecule has 0 aliphatic rings. The molecule has 0 saturated carbocycles. The number of halogens is 1. The lowest BCUT2D eigenvalue weighted by Gasteiger charge is -1.99. The average Bonchev–Trinajstić information content (AvgIpc) is 2.36. The van der Waals surface area contributed by atoms with Crippen LogP contribution in [0.1, 0.15) is 17.8 Å². The Labute approximate surface area is 76.8 Å². The largest absolute Gasteiger partial charge is 0.147 e. The van der Waals surface area contributed by atoms with E-state index in [9.17, 15) is 0 Å². The van der Waals surface area contributed by atoms with Gasteiger partial charge >= 0.3 is 0 Å². The van der Waals surface area contributed by atoms with Crippen LogP contribution in [0.25, 0.3) is 10.4 Å². The van der Waals surface area contributed by atoms with Gasteiger partial charge in [-0.1, -0.05) is 12.0 Å². The molecule has 0 radical (unpaired) electrons. The minimum Gasteiger partial charge on any atom is -0.147 e. The van der Waals surface area contributed by atoms with E-state index in [1.807, 2.05) is 18.4 Å². The molecular formula is C6H6BrN3S. The van der Waals surface area contributed by atoms with Crippen molar-refractivity contribution < 1.29 is 0 Å². The summed E-state index contributed by atoms with van der Waals surface area (Å²) in [5.74, 6) is 0. The third kappa shape index (κ3) is 1.96. The van der Waals surface area contributed by atoms with E-state index in [4.69, 9.17) is 5.53 Å². The molecule has 0 saturated heterocycles. The first-order chi connectivity index (χ1) is 5.25. The monoisotopic (exact) mass is 231 g/mol. The zero-order valence-corrected chi connectivity index (χ0v) is 8.26. The predicted octanol–water partition coefficient (Wildman–Crippen LogP) is 3.88. The Hall–Kier alpha value is -0.510. The molecule has 0 aliphatic carbocycles. The smallest absolute Gasteiger partial charge is 0.0702 e. The minimum absolute atomic E-state index is 0.0747. The van der Waals surface area contributed by atoms with Crippen molar-refractivity contribution in [2.75, 3.05) is 0 Å². The SMILES string of the molecule is C[C@@H](N=[N+]=[N-])c1sccc1Br. The topological polar surface area (TPSA) is 48.8 Å². The Morgan fingerprint density at radius 3 is 3.00 bits per heavy atom. The molecule has 1 aromatic heterocycles. The van der Waals surface area contributed by atoms with Crippen molar-refractivity contribution in [3.05, 3.63) is 31.2 Å². The van der Waals surface area contributed by atoms with Crippen LogP contribution in [0.4, 0.5) is 0 Å². The molecule has 58 valence electrons. The number of hydrogen-bond donors (Lipinski definition) is 0. The van der Waals surface area contributed by atoms with E-state index in [1.54, 1.807) is 11.3 Å². The number of hydrogen-bond acceptors (Lipinski definition) is 2. The van der Waals surface area contributed by atoms with E-state index >= 15 is 0 Å². The van der Waals surface area contributed by atoms with Crippen LogP contribution in [0.15, 0.2) is 21.0 Å². The molecule has 0 aromatic carbocycles. The van der Waals surface area contributed by atoms with E-state index in [0.717, 1.165) is 9.35 Å². The Morgan fingerprint density at radius 1 is 1.82 bits per heavy atom. The number of nitrogens with zero attached hydrogens (tertiary/aromatic N) is 3. The standard InChI is InChI=1S/C6H6BrN3S/c1-4(9-10-8)6-5(7)2-3-11-6/h2-4H,1H3/t4-/m1/s1. The fourth-order valence-corrected chi connectivity index (χ4v) is 2.43. The molecule has 1 heterocycles. The summed E-state index contributed by atoms with van der Waals surface area (Å²) in [6.45, 7) is 1.87. The summed E-state index contributed by atoms with van der Waals surface area (Å²) < 4.78 is 1.02. The van der Waals surface area contributed by atoms with Crippen molar-refractivity contribution in [3.63, 3.8) is 0 Å². The van der Waals surface area contributed by atoms with Gasteiger partial charge in [0.25, 0.3) is 0 Å². The van der Waals surface area contributed by atoms with Crippen LogP contribution >= 0.6 is 27.3 Å². The molecule has 0 N–H and O–H groups in total. The quantitative estimate of drug-likeness (QED) is 0.422. The van der Waals surface area contributed by atoms with Crippen LogP contribution in [0, 0.1) is 0 Å². The first kappa shape index (κ1) is 8.59. The molecule has 5 heteroatoms. The van der Waals surface area contributed by atoms with E-state index in [1.165, 1.54) is 0 Å². The first-order valence-electron chi connectivity index (χ1n) is 3.03. The van der Waals surface area contributed by atoms with Crippen molar-refractivity contribution >= 4 is 27.3 Å². The molecule has 0 unspecified atom stereocenters. The molecule has 0 aliphatic heterocycles. The highest BCUT2D eigenvalue weighted by molar-refractivity contribution is 9.10. The summed E-state index contributed by atoms with van der Waals surface area (Å²) in [5, 5.41) is 5.55. The van der Waals surface area contributed by atoms with E-state index in [2.05, 4.69) is 26.0 Å². The van der Waals surface area contributed by atoms with Crippen molar-refractivity contribution in [1.82, 2.24) is 0 Å². The van der Waals surface area contributed by atoms with Gasteiger partial charge in [-0.25, -0.2) is 0 Å². The van der Waals surface area contributed by atoms with Crippen LogP contribution in [0.2, 0.25) is 0 Å². The van der Waals surface area contributed by atoms with Gasteiger partial charge in [0.1, 0.15) is 0 Å². The molecule has 0 spiro atoms. The fourth-order valence-electron chi connectivity index (χ4n) is 0.733. The molecule has 0 fully saturated rings. The lowest BCUT2D eigenvalue weighted by Crippen LogP contribution is -1.82. The maximum Gasteiger partial charge on any atom is 0.0702 e. The molecule has 0 amide bonds. The molecule has 11 heavy (non-hydrogen) atoms. The number of thiophene rings is 1. The van der Waals surface area contributed by atoms with Crippen LogP contribution in [0.5, 0.6) is 0 Å². The van der Waals surface area contributed by atoms with Crippen molar-refractivity contribution in [3.8, 4) is 0 Å². The normalized spacial score (nSPS) is 12.2. The molecule has 1 rings (SSSR count). The number of azide groups is 1. The highest BCUT2D eigenvalue weighted by atomic mass is 79.9. The van der Waals surface area contributed by atoms with Gasteiger partial charge in [0.2, 0.25) is 0 Å². The molecule has 3 nitrogen and oxygen atoms in total. The third-order valence-electron chi connectivity index (χ3n) is 1.25. The number of rotatable bonds is 2. The average molecular weight is 232 g/mol. The molecule has 0 bridgehead atoms. The van der Waals surface area contributed by atoms with Gasteiger partial charge < -0.3 is 0 Å². The molecule has 1 atom stereocenters. The summed E-state index contributed by atoms with van der Waals surface area (Å²) in [7, 11) is 0. The Balaban J connectivity index is 2.92. The first-order valence-corrected chi connectivity index (χ1v) is 4.70. The minimum atomic E-state index is -0.0747. The third-order valence-corrected chi connectivity index (χ3v) is 3.29. The van der Waals surface area contributed by atoms with Gasteiger partial charge in [0.05, 0.1) is 6.04 Å². The summed E-state index contributed by atoms with van der Waals surface area (Å²) in [5.41, 5.74) is 8.17. The van der Waals surface area contributed by atoms with Crippen molar-refractivity contribution in [1.29, 1.82) is 0 Å². The maximum absolute atomic E-state index is 8.17. The van der Waals surface area contributed by atoms with Crippen LogP contribution in [0.3, 0.4) is 0 Å². The Morgan fingerprint density at radius 2 is 2.55 bits per heavy atom. The second-order valence-electron chi connectivity index (χ2n) is 2.01. The Bertz CT molecular complexity index is 290. The summed E-state index contributed by atoms with van der Waals surface area (Å²) >= 11 is 4.95. The summed E-state index contributed by atoms with van der Waals surface area (Å²) in [6, 6.07) is 1.87. The summed E-state index contributed by atoms with van der Waals surface area (Å²) in [4.78, 5) is 3.82.